The molecule has 3 fully saturated rings. The van der Waals surface area contributed by atoms with E-state index in [0.29, 0.717) is 11.3 Å². The van der Waals surface area contributed by atoms with Crippen molar-refractivity contribution in [1.29, 1.82) is 0 Å². The third-order valence-electron chi connectivity index (χ3n) is 6.16. The van der Waals surface area contributed by atoms with Gasteiger partial charge in [-0.25, -0.2) is 4.98 Å². The second-order valence-electron chi connectivity index (χ2n) is 7.67. The van der Waals surface area contributed by atoms with Crippen LogP contribution in [0.25, 0.3) is 0 Å². The van der Waals surface area contributed by atoms with Crippen LogP contribution in [0.4, 0.5) is 0 Å². The van der Waals surface area contributed by atoms with Crippen molar-refractivity contribution in [2.75, 3.05) is 26.2 Å². The third kappa shape index (κ3) is 4.15. The summed E-state index contributed by atoms with van der Waals surface area (Å²) in [5, 5.41) is 4.70. The van der Waals surface area contributed by atoms with Gasteiger partial charge < -0.3 is 10.2 Å². The van der Waals surface area contributed by atoms with Gasteiger partial charge in [0.2, 0.25) is 0 Å². The zero-order valence-corrected chi connectivity index (χ0v) is 17.3. The van der Waals surface area contributed by atoms with Crippen LogP contribution in [-0.2, 0) is 0 Å². The molecule has 1 N–H and O–H groups in total. The van der Waals surface area contributed by atoms with Crippen molar-refractivity contribution in [3.05, 3.63) is 15.6 Å². The number of aryl methyl sites for hydroxylation is 1. The lowest BCUT2D eigenvalue weighted by Gasteiger charge is -2.38. The van der Waals surface area contributed by atoms with E-state index in [1.807, 2.05) is 6.92 Å². The summed E-state index contributed by atoms with van der Waals surface area (Å²) in [5.41, 5.74) is 1.42. The molecule has 0 radical (unpaired) electrons. The molecule has 0 aromatic carbocycles. The molecule has 4 nitrogen and oxygen atoms in total. The molecule has 0 bridgehead atoms. The number of hydrogen-bond acceptors (Lipinski definition) is 4. The van der Waals surface area contributed by atoms with Crippen molar-refractivity contribution in [3.63, 3.8) is 0 Å². The van der Waals surface area contributed by atoms with Crippen LogP contribution >= 0.6 is 36.2 Å². The van der Waals surface area contributed by atoms with Crippen LogP contribution in [0.1, 0.15) is 71.2 Å². The Bertz CT molecular complexity index is 585. The Hall–Kier alpha value is -0.360. The highest BCUT2D eigenvalue weighted by atomic mass is 35.5. The van der Waals surface area contributed by atoms with Gasteiger partial charge in [-0.2, -0.15) is 0 Å². The highest BCUT2D eigenvalue weighted by molar-refractivity contribution is 7.13. The Balaban J connectivity index is 0.00000113. The number of thiazole rings is 1. The number of rotatable bonds is 2. The van der Waals surface area contributed by atoms with Crippen LogP contribution in [0, 0.1) is 12.3 Å². The van der Waals surface area contributed by atoms with Gasteiger partial charge in [-0.1, -0.05) is 12.8 Å². The molecule has 3 heterocycles. The van der Waals surface area contributed by atoms with Gasteiger partial charge in [0.25, 0.3) is 5.91 Å². The molecule has 7 heteroatoms. The molecular formula is C18H29Cl2N3OS. The van der Waals surface area contributed by atoms with Gasteiger partial charge in [0, 0.05) is 25.6 Å². The molecule has 1 spiro atoms. The molecule has 3 aliphatic rings. The first-order valence-corrected chi connectivity index (χ1v) is 9.96. The first-order chi connectivity index (χ1) is 11.2. The van der Waals surface area contributed by atoms with E-state index >= 15 is 0 Å². The average molecular weight is 406 g/mol. The molecule has 1 aliphatic carbocycles. The highest BCUT2D eigenvalue weighted by Gasteiger charge is 2.38. The summed E-state index contributed by atoms with van der Waals surface area (Å²) in [6.07, 6.45) is 8.71. The summed E-state index contributed by atoms with van der Waals surface area (Å²) in [6.45, 7) is 6.12. The zero-order chi connectivity index (χ0) is 15.9. The number of halogens is 2. The molecule has 4 rings (SSSR count). The minimum atomic E-state index is 0. The fourth-order valence-corrected chi connectivity index (χ4v) is 5.72. The van der Waals surface area contributed by atoms with Crippen molar-refractivity contribution in [2.45, 2.75) is 57.8 Å². The Kier molecular flexibility index (Phi) is 7.17. The molecule has 2 saturated heterocycles. The predicted octanol–water partition coefficient (Wildman–Crippen LogP) is 4.17. The van der Waals surface area contributed by atoms with Crippen LogP contribution in [0.5, 0.6) is 0 Å². The normalized spacial score (nSPS) is 22.7. The van der Waals surface area contributed by atoms with E-state index in [-0.39, 0.29) is 30.7 Å². The second-order valence-corrected chi connectivity index (χ2v) is 8.70. The van der Waals surface area contributed by atoms with E-state index in [9.17, 15) is 4.79 Å². The zero-order valence-electron chi connectivity index (χ0n) is 14.9. The smallest absolute Gasteiger partial charge is 0.265 e. The molecule has 2 aliphatic heterocycles. The number of piperidine rings is 1. The van der Waals surface area contributed by atoms with E-state index in [2.05, 4.69) is 10.2 Å². The van der Waals surface area contributed by atoms with Crippen molar-refractivity contribution in [3.8, 4) is 0 Å². The van der Waals surface area contributed by atoms with E-state index in [0.717, 1.165) is 49.6 Å². The largest absolute Gasteiger partial charge is 0.338 e. The van der Waals surface area contributed by atoms with Crippen molar-refractivity contribution >= 4 is 42.1 Å². The van der Waals surface area contributed by atoms with Crippen molar-refractivity contribution in [2.24, 2.45) is 5.41 Å². The molecular weight excluding hydrogens is 377 g/mol. The van der Waals surface area contributed by atoms with Gasteiger partial charge in [0.15, 0.2) is 0 Å². The van der Waals surface area contributed by atoms with Gasteiger partial charge >= 0.3 is 0 Å². The van der Waals surface area contributed by atoms with Gasteiger partial charge in [-0.05, 0) is 51.0 Å². The Morgan fingerprint density at radius 3 is 2.48 bits per heavy atom. The number of hydrogen-bond donors (Lipinski definition) is 1. The predicted molar refractivity (Wildman–Crippen MR) is 108 cm³/mol. The monoisotopic (exact) mass is 405 g/mol. The number of nitrogens with zero attached hydrogens (tertiary/aromatic N) is 2. The number of nitrogens with one attached hydrogen (secondary N) is 1. The van der Waals surface area contributed by atoms with Crippen LogP contribution in [0.2, 0.25) is 0 Å². The van der Waals surface area contributed by atoms with Crippen LogP contribution in [0.15, 0.2) is 0 Å². The number of likely N-dealkylation sites (tertiary alicyclic amines) is 1. The van der Waals surface area contributed by atoms with E-state index < -0.39 is 0 Å². The SMILES string of the molecule is Cc1nc(C2CCCC2)sc1C(=O)N1CCC2(CCNC2)CC1.Cl.Cl. The quantitative estimate of drug-likeness (QED) is 0.802. The lowest BCUT2D eigenvalue weighted by Crippen LogP contribution is -2.44. The molecule has 25 heavy (non-hydrogen) atoms. The molecule has 1 amide bonds. The molecule has 0 unspecified atom stereocenters. The minimum Gasteiger partial charge on any atom is -0.338 e. The summed E-state index contributed by atoms with van der Waals surface area (Å²) in [7, 11) is 0. The summed E-state index contributed by atoms with van der Waals surface area (Å²) in [5.74, 6) is 0.833. The van der Waals surface area contributed by atoms with Gasteiger partial charge in [-0.15, -0.1) is 36.2 Å². The Labute approximate surface area is 167 Å². The Morgan fingerprint density at radius 2 is 1.88 bits per heavy atom. The van der Waals surface area contributed by atoms with E-state index in [1.165, 1.54) is 37.1 Å². The van der Waals surface area contributed by atoms with Crippen LogP contribution in [-0.4, -0.2) is 42.0 Å². The van der Waals surface area contributed by atoms with Crippen molar-refractivity contribution < 1.29 is 4.79 Å². The summed E-state index contributed by atoms with van der Waals surface area (Å²) in [6, 6.07) is 0. The summed E-state index contributed by atoms with van der Waals surface area (Å²) >= 11 is 1.67. The standard InChI is InChI=1S/C18H27N3OS.2ClH/c1-13-15(23-16(20-13)14-4-2-3-5-14)17(22)21-10-7-18(8-11-21)6-9-19-12-18;;/h14,19H,2-12H2,1H3;2*1H. The van der Waals surface area contributed by atoms with Gasteiger partial charge in [-0.3, -0.25) is 4.79 Å². The average Bonchev–Trinajstić information content (AvgIpc) is 3.28. The minimum absolute atomic E-state index is 0. The summed E-state index contributed by atoms with van der Waals surface area (Å²) in [4.78, 5) is 20.6. The fourth-order valence-electron chi connectivity index (χ4n) is 4.51. The first-order valence-electron chi connectivity index (χ1n) is 9.14. The van der Waals surface area contributed by atoms with Crippen LogP contribution in [0.3, 0.4) is 0 Å². The number of carbonyl (C=O) groups excluding carboxylic acids is 1. The maximum Gasteiger partial charge on any atom is 0.265 e. The number of amides is 1. The second kappa shape index (κ2) is 8.55. The van der Waals surface area contributed by atoms with Gasteiger partial charge in [0.05, 0.1) is 10.7 Å². The highest BCUT2D eigenvalue weighted by Crippen LogP contribution is 2.39. The molecule has 1 aromatic rings. The number of aromatic nitrogens is 1. The lowest BCUT2D eigenvalue weighted by atomic mass is 9.78. The fraction of sp³-hybridized carbons (Fsp3) is 0.778. The molecule has 1 aromatic heterocycles. The van der Waals surface area contributed by atoms with E-state index in [1.54, 1.807) is 11.3 Å². The Morgan fingerprint density at radius 1 is 1.20 bits per heavy atom. The lowest BCUT2D eigenvalue weighted by molar-refractivity contribution is 0.0611. The number of carbonyl (C=O) groups is 1. The first kappa shape index (κ1) is 20.9. The van der Waals surface area contributed by atoms with Gasteiger partial charge in [0.1, 0.15) is 4.88 Å². The molecule has 1 saturated carbocycles. The maximum absolute atomic E-state index is 12.9. The summed E-state index contributed by atoms with van der Waals surface area (Å²) < 4.78 is 0. The van der Waals surface area contributed by atoms with Crippen LogP contribution < -0.4 is 5.32 Å². The molecule has 0 atom stereocenters. The van der Waals surface area contributed by atoms with Crippen molar-refractivity contribution in [1.82, 2.24) is 15.2 Å². The third-order valence-corrected chi connectivity index (χ3v) is 7.46. The van der Waals surface area contributed by atoms with E-state index in [4.69, 9.17) is 4.98 Å². The topological polar surface area (TPSA) is 45.2 Å². The molecule has 142 valence electrons. The maximum atomic E-state index is 12.9.